The molecule has 31 heavy (non-hydrogen) atoms. The molecule has 3 rings (SSSR count). The molecule has 0 aliphatic rings. The van der Waals surface area contributed by atoms with E-state index in [2.05, 4.69) is 5.32 Å². The third kappa shape index (κ3) is 4.65. The number of nitriles is 1. The number of halogens is 1. The summed E-state index contributed by atoms with van der Waals surface area (Å²) in [6.07, 6.45) is 1.60. The van der Waals surface area contributed by atoms with Crippen LogP contribution in [0.25, 0.3) is 11.8 Å². The summed E-state index contributed by atoms with van der Waals surface area (Å²) in [4.78, 5) is 12.8. The molecule has 1 heterocycles. The topological polar surface area (TPSA) is 67.0 Å². The molecule has 0 bridgehead atoms. The number of aryl methyl sites for hydroxylation is 3. The van der Waals surface area contributed by atoms with Crippen LogP contribution in [0.5, 0.6) is 5.75 Å². The number of rotatable bonds is 5. The largest absolute Gasteiger partial charge is 0.495 e. The molecule has 0 aliphatic carbocycles. The zero-order valence-electron chi connectivity index (χ0n) is 18.2. The highest BCUT2D eigenvalue weighted by molar-refractivity contribution is 6.31. The van der Waals surface area contributed by atoms with Crippen LogP contribution in [-0.2, 0) is 4.79 Å². The van der Waals surface area contributed by atoms with Crippen molar-refractivity contribution in [1.29, 1.82) is 5.26 Å². The molecule has 0 atom stereocenters. The minimum absolute atomic E-state index is 0.00532. The SMILES string of the molecule is COc1ccc(C)cc1NC(=O)/C(C#N)=C/c1cc(C)n(-c2ccc(C)c(Cl)c2)c1C. The first kappa shape index (κ1) is 22.2. The van der Waals surface area contributed by atoms with Crippen molar-refractivity contribution in [3.8, 4) is 17.5 Å². The van der Waals surface area contributed by atoms with Gasteiger partial charge in [-0.25, -0.2) is 0 Å². The van der Waals surface area contributed by atoms with Crippen LogP contribution < -0.4 is 10.1 Å². The number of benzene rings is 2. The number of hydrogen-bond donors (Lipinski definition) is 1. The summed E-state index contributed by atoms with van der Waals surface area (Å²) in [5, 5.41) is 13.1. The third-order valence-electron chi connectivity index (χ3n) is 5.15. The molecule has 1 aromatic heterocycles. The second kappa shape index (κ2) is 9.11. The summed E-state index contributed by atoms with van der Waals surface area (Å²) in [5.41, 5.74) is 6.10. The second-order valence-electron chi connectivity index (χ2n) is 7.42. The molecule has 5 nitrogen and oxygen atoms in total. The van der Waals surface area contributed by atoms with Crippen molar-refractivity contribution in [3.63, 3.8) is 0 Å². The fourth-order valence-electron chi connectivity index (χ4n) is 3.47. The first-order valence-corrected chi connectivity index (χ1v) is 10.2. The van der Waals surface area contributed by atoms with Gasteiger partial charge in [-0.3, -0.25) is 4.79 Å². The Morgan fingerprint density at radius 2 is 1.87 bits per heavy atom. The molecule has 2 aromatic carbocycles. The monoisotopic (exact) mass is 433 g/mol. The van der Waals surface area contributed by atoms with Crippen LogP contribution >= 0.6 is 11.6 Å². The van der Waals surface area contributed by atoms with E-state index in [1.54, 1.807) is 18.2 Å². The van der Waals surface area contributed by atoms with E-state index in [-0.39, 0.29) is 5.57 Å². The minimum Gasteiger partial charge on any atom is -0.495 e. The van der Waals surface area contributed by atoms with Crippen LogP contribution in [0.3, 0.4) is 0 Å². The molecule has 1 amide bonds. The van der Waals surface area contributed by atoms with Gasteiger partial charge >= 0.3 is 0 Å². The summed E-state index contributed by atoms with van der Waals surface area (Å²) >= 11 is 6.30. The standard InChI is InChI=1S/C25H24ClN3O2/c1-15-6-9-24(31-5)23(10-15)28-25(30)20(14-27)12-19-11-17(3)29(18(19)4)21-8-7-16(2)22(26)13-21/h6-13H,1-5H3,(H,28,30)/b20-12+. The summed E-state index contributed by atoms with van der Waals surface area (Å²) in [5.74, 6) is 0.0419. The average Bonchev–Trinajstić information content (AvgIpc) is 3.01. The first-order valence-electron chi connectivity index (χ1n) is 9.78. The van der Waals surface area contributed by atoms with E-state index in [1.165, 1.54) is 7.11 Å². The Labute approximate surface area is 187 Å². The predicted octanol–water partition coefficient (Wildman–Crippen LogP) is 5.92. The van der Waals surface area contributed by atoms with Crippen LogP contribution in [0.2, 0.25) is 5.02 Å². The van der Waals surface area contributed by atoms with Crippen LogP contribution in [0, 0.1) is 39.0 Å². The quantitative estimate of drug-likeness (QED) is 0.401. The van der Waals surface area contributed by atoms with Crippen molar-refractivity contribution >= 4 is 29.3 Å². The number of anilines is 1. The van der Waals surface area contributed by atoms with E-state index in [0.717, 1.165) is 33.8 Å². The fourth-order valence-corrected chi connectivity index (χ4v) is 3.64. The van der Waals surface area contributed by atoms with Gasteiger partial charge in [0.25, 0.3) is 5.91 Å². The van der Waals surface area contributed by atoms with Gasteiger partial charge in [0.1, 0.15) is 17.4 Å². The maximum absolute atomic E-state index is 12.8. The number of amides is 1. The van der Waals surface area contributed by atoms with Gasteiger partial charge in [-0.1, -0.05) is 23.7 Å². The van der Waals surface area contributed by atoms with Crippen molar-refractivity contribution in [1.82, 2.24) is 4.57 Å². The van der Waals surface area contributed by atoms with Crippen molar-refractivity contribution in [2.45, 2.75) is 27.7 Å². The van der Waals surface area contributed by atoms with Gasteiger partial charge in [0.15, 0.2) is 0 Å². The minimum atomic E-state index is -0.491. The number of carbonyl (C=O) groups is 1. The Bertz CT molecular complexity index is 1230. The lowest BCUT2D eigenvalue weighted by molar-refractivity contribution is -0.112. The number of nitrogens with zero attached hydrogens (tertiary/aromatic N) is 2. The molecular weight excluding hydrogens is 410 g/mol. The molecular formula is C25H24ClN3O2. The van der Waals surface area contributed by atoms with Gasteiger partial charge in [0.05, 0.1) is 12.8 Å². The Hall–Kier alpha value is -3.49. The predicted molar refractivity (Wildman–Crippen MR) is 125 cm³/mol. The van der Waals surface area contributed by atoms with Crippen LogP contribution in [-0.4, -0.2) is 17.6 Å². The van der Waals surface area contributed by atoms with E-state index in [9.17, 15) is 10.1 Å². The van der Waals surface area contributed by atoms with E-state index >= 15 is 0 Å². The van der Waals surface area contributed by atoms with Crippen molar-refractivity contribution in [3.05, 3.63) is 81.1 Å². The number of hydrogen-bond acceptors (Lipinski definition) is 3. The zero-order chi connectivity index (χ0) is 22.7. The number of carbonyl (C=O) groups excluding carboxylic acids is 1. The Morgan fingerprint density at radius 3 is 2.52 bits per heavy atom. The highest BCUT2D eigenvalue weighted by Crippen LogP contribution is 2.28. The van der Waals surface area contributed by atoms with Crippen molar-refractivity contribution in [2.75, 3.05) is 12.4 Å². The zero-order valence-corrected chi connectivity index (χ0v) is 19.0. The second-order valence-corrected chi connectivity index (χ2v) is 7.83. The van der Waals surface area contributed by atoms with Gasteiger partial charge < -0.3 is 14.6 Å². The van der Waals surface area contributed by atoms with Gasteiger partial charge in [-0.05, 0) is 80.8 Å². The molecule has 1 N–H and O–H groups in total. The maximum atomic E-state index is 12.8. The van der Waals surface area contributed by atoms with E-state index in [4.69, 9.17) is 16.3 Å². The van der Waals surface area contributed by atoms with Crippen molar-refractivity contribution < 1.29 is 9.53 Å². The summed E-state index contributed by atoms with van der Waals surface area (Å²) in [7, 11) is 1.54. The highest BCUT2D eigenvalue weighted by atomic mass is 35.5. The molecule has 6 heteroatoms. The molecule has 0 aliphatic heterocycles. The average molecular weight is 434 g/mol. The third-order valence-corrected chi connectivity index (χ3v) is 5.56. The van der Waals surface area contributed by atoms with Crippen LogP contribution in [0.4, 0.5) is 5.69 Å². The smallest absolute Gasteiger partial charge is 0.266 e. The molecule has 0 saturated carbocycles. The molecule has 0 radical (unpaired) electrons. The number of aromatic nitrogens is 1. The van der Waals surface area contributed by atoms with E-state index in [0.29, 0.717) is 16.5 Å². The molecule has 0 fully saturated rings. The first-order chi connectivity index (χ1) is 14.7. The molecule has 158 valence electrons. The van der Waals surface area contributed by atoms with Crippen LogP contribution in [0.15, 0.2) is 48.0 Å². The maximum Gasteiger partial charge on any atom is 0.266 e. The lowest BCUT2D eigenvalue weighted by Gasteiger charge is -2.11. The number of ether oxygens (including phenoxy) is 1. The highest BCUT2D eigenvalue weighted by Gasteiger charge is 2.16. The van der Waals surface area contributed by atoms with E-state index in [1.807, 2.05) is 68.7 Å². The molecule has 0 saturated heterocycles. The molecule has 0 spiro atoms. The number of nitrogens with one attached hydrogen (secondary N) is 1. The van der Waals surface area contributed by atoms with Crippen LogP contribution in [0.1, 0.15) is 28.1 Å². The summed E-state index contributed by atoms with van der Waals surface area (Å²) in [6.45, 7) is 7.80. The van der Waals surface area contributed by atoms with E-state index < -0.39 is 5.91 Å². The normalized spacial score (nSPS) is 11.2. The van der Waals surface area contributed by atoms with Gasteiger partial charge in [0, 0.05) is 22.1 Å². The molecule has 0 unspecified atom stereocenters. The van der Waals surface area contributed by atoms with Gasteiger partial charge in [-0.2, -0.15) is 5.26 Å². The lowest BCUT2D eigenvalue weighted by atomic mass is 10.1. The molecule has 3 aromatic rings. The van der Waals surface area contributed by atoms with Crippen molar-refractivity contribution in [2.24, 2.45) is 0 Å². The Morgan fingerprint density at radius 1 is 1.13 bits per heavy atom. The Kier molecular flexibility index (Phi) is 6.53. The lowest BCUT2D eigenvalue weighted by Crippen LogP contribution is -2.14. The van der Waals surface area contributed by atoms with Gasteiger partial charge in [-0.15, -0.1) is 0 Å². The number of methoxy groups -OCH3 is 1. The van der Waals surface area contributed by atoms with Gasteiger partial charge in [0.2, 0.25) is 0 Å². The summed E-state index contributed by atoms with van der Waals surface area (Å²) < 4.78 is 7.36. The Balaban J connectivity index is 1.96. The summed E-state index contributed by atoms with van der Waals surface area (Å²) in [6, 6.07) is 15.3. The fraction of sp³-hybridized carbons (Fsp3) is 0.200.